The number of hydrogen-bond donors (Lipinski definition) is 1. The van der Waals surface area contributed by atoms with Crippen molar-refractivity contribution in [2.24, 2.45) is 0 Å². The molecule has 1 aromatic carbocycles. The van der Waals surface area contributed by atoms with Crippen molar-refractivity contribution >= 4 is 0 Å². The van der Waals surface area contributed by atoms with Gasteiger partial charge in [-0.1, -0.05) is 50.7 Å². The van der Waals surface area contributed by atoms with Crippen molar-refractivity contribution in [1.29, 1.82) is 0 Å². The number of rotatable bonds is 4. The molecule has 1 aromatic rings. The highest BCUT2D eigenvalue weighted by Crippen LogP contribution is 2.31. The second-order valence-electron chi connectivity index (χ2n) is 6.93. The Morgan fingerprint density at radius 1 is 0.857 bits per heavy atom. The summed E-state index contributed by atoms with van der Waals surface area (Å²) in [5.41, 5.74) is 1.27. The van der Waals surface area contributed by atoms with Gasteiger partial charge in [0.05, 0.1) is 0 Å². The van der Waals surface area contributed by atoms with E-state index in [9.17, 15) is 5.11 Å². The minimum Gasteiger partial charge on any atom is -0.508 e. The van der Waals surface area contributed by atoms with Gasteiger partial charge in [-0.25, -0.2) is 0 Å². The Morgan fingerprint density at radius 3 is 1.95 bits per heavy atom. The van der Waals surface area contributed by atoms with Crippen LogP contribution in [0.15, 0.2) is 24.3 Å². The molecule has 0 spiro atoms. The molecular formula is C19H29NO. The molecule has 0 bridgehead atoms. The molecule has 0 aromatic heterocycles. The van der Waals surface area contributed by atoms with Crippen LogP contribution in [0.3, 0.4) is 0 Å². The van der Waals surface area contributed by atoms with Crippen LogP contribution in [0.2, 0.25) is 0 Å². The molecule has 0 amide bonds. The molecule has 2 saturated carbocycles. The number of phenols is 1. The van der Waals surface area contributed by atoms with Gasteiger partial charge >= 0.3 is 0 Å². The number of phenolic OH excluding ortho intramolecular Hbond substituents is 1. The van der Waals surface area contributed by atoms with Crippen molar-refractivity contribution in [2.45, 2.75) is 82.8 Å². The van der Waals surface area contributed by atoms with Gasteiger partial charge in [0.1, 0.15) is 5.75 Å². The first-order chi connectivity index (χ1) is 10.3. The minimum absolute atomic E-state index is 0.403. The molecule has 116 valence electrons. The van der Waals surface area contributed by atoms with E-state index >= 15 is 0 Å². The van der Waals surface area contributed by atoms with E-state index < -0.39 is 0 Å². The van der Waals surface area contributed by atoms with Crippen LogP contribution in [0.4, 0.5) is 0 Å². The molecule has 0 aliphatic heterocycles. The maximum absolute atomic E-state index is 9.73. The lowest BCUT2D eigenvalue weighted by atomic mass is 9.88. The average molecular weight is 287 g/mol. The smallest absolute Gasteiger partial charge is 0.115 e. The van der Waals surface area contributed by atoms with E-state index in [0.717, 1.165) is 18.6 Å². The van der Waals surface area contributed by atoms with Crippen LogP contribution in [-0.4, -0.2) is 22.1 Å². The molecule has 2 aliphatic rings. The van der Waals surface area contributed by atoms with Crippen molar-refractivity contribution < 1.29 is 5.11 Å². The fourth-order valence-electron chi connectivity index (χ4n) is 4.25. The van der Waals surface area contributed by atoms with Gasteiger partial charge in [0.25, 0.3) is 0 Å². The summed E-state index contributed by atoms with van der Waals surface area (Å²) in [7, 11) is 0. The second kappa shape index (κ2) is 7.31. The lowest BCUT2D eigenvalue weighted by Gasteiger charge is -2.41. The largest absolute Gasteiger partial charge is 0.508 e. The Bertz CT molecular complexity index is 415. The predicted molar refractivity (Wildman–Crippen MR) is 87.4 cm³/mol. The van der Waals surface area contributed by atoms with Crippen LogP contribution in [0, 0.1) is 0 Å². The zero-order chi connectivity index (χ0) is 14.5. The first kappa shape index (κ1) is 14.9. The molecule has 0 heterocycles. The fraction of sp³-hybridized carbons (Fsp3) is 0.684. The zero-order valence-electron chi connectivity index (χ0n) is 13.1. The normalized spacial score (nSPS) is 21.8. The Labute approximate surface area is 129 Å². The second-order valence-corrected chi connectivity index (χ2v) is 6.93. The third-order valence-corrected chi connectivity index (χ3v) is 5.36. The maximum Gasteiger partial charge on any atom is 0.115 e. The van der Waals surface area contributed by atoms with Crippen molar-refractivity contribution in [1.82, 2.24) is 4.90 Å². The highest BCUT2D eigenvalue weighted by molar-refractivity contribution is 5.27. The molecule has 0 saturated heterocycles. The first-order valence-corrected chi connectivity index (χ1v) is 8.86. The summed E-state index contributed by atoms with van der Waals surface area (Å²) in [6, 6.07) is 9.39. The van der Waals surface area contributed by atoms with Crippen molar-refractivity contribution in [3.63, 3.8) is 0 Å². The Balaban J connectivity index is 1.73. The van der Waals surface area contributed by atoms with Crippen LogP contribution in [0.1, 0.15) is 69.8 Å². The van der Waals surface area contributed by atoms with Crippen LogP contribution in [-0.2, 0) is 6.54 Å². The predicted octanol–water partition coefficient (Wildman–Crippen LogP) is 4.86. The topological polar surface area (TPSA) is 23.5 Å². The molecule has 1 N–H and O–H groups in total. The van der Waals surface area contributed by atoms with E-state index in [4.69, 9.17) is 0 Å². The van der Waals surface area contributed by atoms with Crippen molar-refractivity contribution in [2.75, 3.05) is 0 Å². The SMILES string of the molecule is Oc1cccc(CN(C2CCCCC2)C2CCCCC2)c1. The number of aromatic hydroxyl groups is 1. The first-order valence-electron chi connectivity index (χ1n) is 8.86. The minimum atomic E-state index is 0.403. The van der Waals surface area contributed by atoms with E-state index in [-0.39, 0.29) is 0 Å². The summed E-state index contributed by atoms with van der Waals surface area (Å²) in [4.78, 5) is 2.78. The Kier molecular flexibility index (Phi) is 5.18. The van der Waals surface area contributed by atoms with Crippen molar-refractivity contribution in [3.8, 4) is 5.75 Å². The third-order valence-electron chi connectivity index (χ3n) is 5.36. The quantitative estimate of drug-likeness (QED) is 0.855. The summed E-state index contributed by atoms with van der Waals surface area (Å²) in [5.74, 6) is 0.403. The molecule has 0 radical (unpaired) electrons. The number of benzene rings is 1. The molecule has 0 unspecified atom stereocenters. The monoisotopic (exact) mass is 287 g/mol. The van der Waals surface area contributed by atoms with Crippen LogP contribution in [0.25, 0.3) is 0 Å². The van der Waals surface area contributed by atoms with E-state index in [1.165, 1.54) is 69.8 Å². The molecule has 2 heteroatoms. The van der Waals surface area contributed by atoms with Crippen LogP contribution in [0.5, 0.6) is 5.75 Å². The standard InChI is InChI=1S/C19H29NO/c21-19-13-7-8-16(14-19)15-20(17-9-3-1-4-10-17)18-11-5-2-6-12-18/h7-8,13-14,17-18,21H,1-6,9-12,15H2. The van der Waals surface area contributed by atoms with Gasteiger partial charge < -0.3 is 5.11 Å². The third kappa shape index (κ3) is 4.00. The van der Waals surface area contributed by atoms with Gasteiger partial charge in [0.15, 0.2) is 0 Å². The van der Waals surface area contributed by atoms with Crippen molar-refractivity contribution in [3.05, 3.63) is 29.8 Å². The van der Waals surface area contributed by atoms with E-state index in [1.807, 2.05) is 12.1 Å². The molecule has 0 atom stereocenters. The summed E-state index contributed by atoms with van der Waals surface area (Å²) in [6.07, 6.45) is 13.9. The molecule has 2 fully saturated rings. The number of nitrogens with zero attached hydrogens (tertiary/aromatic N) is 1. The van der Waals surface area contributed by atoms with E-state index in [0.29, 0.717) is 5.75 Å². The maximum atomic E-state index is 9.73. The summed E-state index contributed by atoms with van der Waals surface area (Å²) < 4.78 is 0. The highest BCUT2D eigenvalue weighted by Gasteiger charge is 2.28. The zero-order valence-corrected chi connectivity index (χ0v) is 13.1. The van der Waals surface area contributed by atoms with Gasteiger partial charge in [0.2, 0.25) is 0 Å². The molecule has 3 rings (SSSR count). The van der Waals surface area contributed by atoms with Gasteiger partial charge in [-0.15, -0.1) is 0 Å². The summed E-state index contributed by atoms with van der Waals surface area (Å²) in [5, 5.41) is 9.73. The number of hydrogen-bond acceptors (Lipinski definition) is 2. The molecule has 21 heavy (non-hydrogen) atoms. The van der Waals surface area contributed by atoms with E-state index in [2.05, 4.69) is 11.0 Å². The lowest BCUT2D eigenvalue weighted by molar-refractivity contribution is 0.0730. The lowest BCUT2D eigenvalue weighted by Crippen LogP contribution is -2.44. The summed E-state index contributed by atoms with van der Waals surface area (Å²) in [6.45, 7) is 1.02. The highest BCUT2D eigenvalue weighted by atomic mass is 16.3. The van der Waals surface area contributed by atoms with Gasteiger partial charge in [-0.2, -0.15) is 0 Å². The average Bonchev–Trinajstić information content (AvgIpc) is 2.54. The van der Waals surface area contributed by atoms with Crippen LogP contribution >= 0.6 is 0 Å². The van der Waals surface area contributed by atoms with E-state index in [1.54, 1.807) is 6.07 Å². The Morgan fingerprint density at radius 2 is 1.43 bits per heavy atom. The fourth-order valence-corrected chi connectivity index (χ4v) is 4.25. The van der Waals surface area contributed by atoms with Crippen LogP contribution < -0.4 is 0 Å². The van der Waals surface area contributed by atoms with Gasteiger partial charge in [0, 0.05) is 18.6 Å². The molecule has 2 aliphatic carbocycles. The molecular weight excluding hydrogens is 258 g/mol. The Hall–Kier alpha value is -1.02. The molecule has 2 nitrogen and oxygen atoms in total. The summed E-state index contributed by atoms with van der Waals surface area (Å²) >= 11 is 0. The van der Waals surface area contributed by atoms with Gasteiger partial charge in [-0.05, 0) is 43.4 Å². The van der Waals surface area contributed by atoms with Gasteiger partial charge in [-0.3, -0.25) is 4.90 Å².